The number of ether oxygens (including phenoxy) is 1. The van der Waals surface area contributed by atoms with Crippen LogP contribution in [0.5, 0.6) is 0 Å². The highest BCUT2D eigenvalue weighted by atomic mass is 16.5. The minimum absolute atomic E-state index is 0.483. The first-order chi connectivity index (χ1) is 7.36. The Balaban J connectivity index is 2.18. The van der Waals surface area contributed by atoms with Crippen LogP contribution in [0.2, 0.25) is 0 Å². The van der Waals surface area contributed by atoms with E-state index in [0.717, 1.165) is 38.2 Å². The molecule has 0 fully saturated rings. The number of furan rings is 1. The standard InChI is InChI=1S/C12H21NO2/c1-3-14-8-4-6-11(13-2)10-12-7-5-9-15-12/h5,7,9,11,13H,3-4,6,8,10H2,1-2H3. The Morgan fingerprint density at radius 2 is 2.40 bits per heavy atom. The lowest BCUT2D eigenvalue weighted by molar-refractivity contribution is 0.141. The van der Waals surface area contributed by atoms with E-state index in [1.807, 2.05) is 26.1 Å². The molecule has 0 aliphatic heterocycles. The molecule has 0 amide bonds. The molecule has 1 heterocycles. The minimum Gasteiger partial charge on any atom is -0.469 e. The Labute approximate surface area is 91.8 Å². The lowest BCUT2D eigenvalue weighted by Crippen LogP contribution is -2.27. The third kappa shape index (κ3) is 5.00. The highest BCUT2D eigenvalue weighted by molar-refractivity contribution is 5.00. The van der Waals surface area contributed by atoms with Crippen molar-refractivity contribution in [1.82, 2.24) is 5.32 Å². The van der Waals surface area contributed by atoms with Crippen molar-refractivity contribution < 1.29 is 9.15 Å². The second-order valence-electron chi connectivity index (χ2n) is 3.61. The molecular formula is C12H21NO2. The highest BCUT2D eigenvalue weighted by Gasteiger charge is 2.08. The monoisotopic (exact) mass is 211 g/mol. The summed E-state index contributed by atoms with van der Waals surface area (Å²) < 4.78 is 10.6. The molecule has 1 aromatic rings. The maximum Gasteiger partial charge on any atom is 0.105 e. The van der Waals surface area contributed by atoms with E-state index in [0.29, 0.717) is 6.04 Å². The summed E-state index contributed by atoms with van der Waals surface area (Å²) in [5, 5.41) is 3.30. The van der Waals surface area contributed by atoms with E-state index < -0.39 is 0 Å². The summed E-state index contributed by atoms with van der Waals surface area (Å²) in [4.78, 5) is 0. The average Bonchev–Trinajstić information content (AvgIpc) is 2.75. The molecule has 1 aromatic heterocycles. The van der Waals surface area contributed by atoms with Crippen molar-refractivity contribution in [3.63, 3.8) is 0 Å². The second kappa shape index (κ2) is 7.49. The van der Waals surface area contributed by atoms with Gasteiger partial charge < -0.3 is 14.5 Å². The summed E-state index contributed by atoms with van der Waals surface area (Å²) in [6, 6.07) is 4.44. The lowest BCUT2D eigenvalue weighted by atomic mass is 10.1. The van der Waals surface area contributed by atoms with Crippen LogP contribution in [0, 0.1) is 0 Å². The van der Waals surface area contributed by atoms with Crippen molar-refractivity contribution in [2.75, 3.05) is 20.3 Å². The zero-order valence-corrected chi connectivity index (χ0v) is 9.66. The fraction of sp³-hybridized carbons (Fsp3) is 0.667. The van der Waals surface area contributed by atoms with E-state index in [4.69, 9.17) is 9.15 Å². The molecule has 0 aliphatic rings. The Morgan fingerprint density at radius 1 is 1.53 bits per heavy atom. The average molecular weight is 211 g/mol. The first kappa shape index (κ1) is 12.3. The van der Waals surface area contributed by atoms with Crippen LogP contribution in [-0.4, -0.2) is 26.3 Å². The Morgan fingerprint density at radius 3 is 3.00 bits per heavy atom. The predicted octanol–water partition coefficient (Wildman–Crippen LogP) is 2.23. The van der Waals surface area contributed by atoms with Crippen LogP contribution in [0.4, 0.5) is 0 Å². The van der Waals surface area contributed by atoms with Crippen LogP contribution < -0.4 is 5.32 Å². The van der Waals surface area contributed by atoms with Gasteiger partial charge in [-0.1, -0.05) is 0 Å². The van der Waals surface area contributed by atoms with E-state index in [1.54, 1.807) is 6.26 Å². The van der Waals surface area contributed by atoms with Gasteiger partial charge in [-0.05, 0) is 38.9 Å². The van der Waals surface area contributed by atoms with Gasteiger partial charge >= 0.3 is 0 Å². The molecule has 1 unspecified atom stereocenters. The quantitative estimate of drug-likeness (QED) is 0.670. The van der Waals surface area contributed by atoms with Crippen LogP contribution >= 0.6 is 0 Å². The summed E-state index contributed by atoms with van der Waals surface area (Å²) >= 11 is 0. The second-order valence-corrected chi connectivity index (χ2v) is 3.61. The van der Waals surface area contributed by atoms with Crippen LogP contribution in [-0.2, 0) is 11.2 Å². The van der Waals surface area contributed by atoms with Crippen molar-refractivity contribution in [2.45, 2.75) is 32.2 Å². The van der Waals surface area contributed by atoms with Crippen LogP contribution in [0.25, 0.3) is 0 Å². The van der Waals surface area contributed by atoms with Crippen molar-refractivity contribution in [3.8, 4) is 0 Å². The molecule has 0 spiro atoms. The SMILES string of the molecule is CCOCCCC(Cc1ccco1)NC. The molecule has 0 saturated carbocycles. The van der Waals surface area contributed by atoms with Crippen molar-refractivity contribution in [2.24, 2.45) is 0 Å². The Kier molecular flexibility index (Phi) is 6.12. The fourth-order valence-electron chi connectivity index (χ4n) is 1.60. The van der Waals surface area contributed by atoms with E-state index in [-0.39, 0.29) is 0 Å². The normalized spacial score (nSPS) is 12.9. The van der Waals surface area contributed by atoms with Gasteiger partial charge in [0.05, 0.1) is 6.26 Å². The largest absolute Gasteiger partial charge is 0.469 e. The molecular weight excluding hydrogens is 190 g/mol. The molecule has 0 aliphatic carbocycles. The van der Waals surface area contributed by atoms with Gasteiger partial charge in [0.25, 0.3) is 0 Å². The van der Waals surface area contributed by atoms with E-state index in [1.165, 1.54) is 0 Å². The topological polar surface area (TPSA) is 34.4 Å². The summed E-state index contributed by atoms with van der Waals surface area (Å²) in [6.07, 6.45) is 4.90. The maximum absolute atomic E-state index is 5.32. The van der Waals surface area contributed by atoms with Gasteiger partial charge in [-0.15, -0.1) is 0 Å². The highest BCUT2D eigenvalue weighted by Crippen LogP contribution is 2.08. The van der Waals surface area contributed by atoms with Crippen molar-refractivity contribution >= 4 is 0 Å². The number of hydrogen-bond donors (Lipinski definition) is 1. The first-order valence-corrected chi connectivity index (χ1v) is 5.64. The van der Waals surface area contributed by atoms with Gasteiger partial charge in [-0.3, -0.25) is 0 Å². The van der Waals surface area contributed by atoms with Crippen LogP contribution in [0.3, 0.4) is 0 Å². The number of hydrogen-bond acceptors (Lipinski definition) is 3. The van der Waals surface area contributed by atoms with E-state index >= 15 is 0 Å². The fourth-order valence-corrected chi connectivity index (χ4v) is 1.60. The Hall–Kier alpha value is -0.800. The molecule has 0 bridgehead atoms. The van der Waals surface area contributed by atoms with Gasteiger partial charge in [-0.2, -0.15) is 0 Å². The van der Waals surface area contributed by atoms with Gasteiger partial charge in [0, 0.05) is 25.7 Å². The summed E-state index contributed by atoms with van der Waals surface area (Å²) in [5.41, 5.74) is 0. The van der Waals surface area contributed by atoms with Gasteiger partial charge in [0.1, 0.15) is 5.76 Å². The molecule has 3 nitrogen and oxygen atoms in total. The molecule has 0 radical (unpaired) electrons. The first-order valence-electron chi connectivity index (χ1n) is 5.64. The smallest absolute Gasteiger partial charge is 0.105 e. The van der Waals surface area contributed by atoms with E-state index in [2.05, 4.69) is 5.32 Å². The Bertz CT molecular complexity index is 234. The van der Waals surface area contributed by atoms with Gasteiger partial charge in [-0.25, -0.2) is 0 Å². The van der Waals surface area contributed by atoms with Crippen LogP contribution in [0.15, 0.2) is 22.8 Å². The van der Waals surface area contributed by atoms with Crippen LogP contribution in [0.1, 0.15) is 25.5 Å². The third-order valence-electron chi connectivity index (χ3n) is 2.48. The molecule has 3 heteroatoms. The summed E-state index contributed by atoms with van der Waals surface area (Å²) in [7, 11) is 1.99. The zero-order chi connectivity index (χ0) is 10.9. The predicted molar refractivity (Wildman–Crippen MR) is 61.0 cm³/mol. The minimum atomic E-state index is 0.483. The molecule has 0 aromatic carbocycles. The molecule has 0 saturated heterocycles. The molecule has 1 N–H and O–H groups in total. The zero-order valence-electron chi connectivity index (χ0n) is 9.66. The van der Waals surface area contributed by atoms with Gasteiger partial charge in [0.15, 0.2) is 0 Å². The molecule has 1 atom stereocenters. The number of rotatable bonds is 8. The third-order valence-corrected chi connectivity index (χ3v) is 2.48. The molecule has 15 heavy (non-hydrogen) atoms. The molecule has 1 rings (SSSR count). The van der Waals surface area contributed by atoms with Crippen molar-refractivity contribution in [3.05, 3.63) is 24.2 Å². The number of nitrogens with one attached hydrogen (secondary N) is 1. The molecule has 86 valence electrons. The van der Waals surface area contributed by atoms with Gasteiger partial charge in [0.2, 0.25) is 0 Å². The summed E-state index contributed by atoms with van der Waals surface area (Å²) in [6.45, 7) is 3.69. The summed E-state index contributed by atoms with van der Waals surface area (Å²) in [5.74, 6) is 1.05. The lowest BCUT2D eigenvalue weighted by Gasteiger charge is -2.14. The van der Waals surface area contributed by atoms with Crippen molar-refractivity contribution in [1.29, 1.82) is 0 Å². The maximum atomic E-state index is 5.32. The number of likely N-dealkylation sites (N-methyl/N-ethyl adjacent to an activating group) is 1. The van der Waals surface area contributed by atoms with E-state index in [9.17, 15) is 0 Å².